The molecule has 2 aliphatic rings. The van der Waals surface area contributed by atoms with E-state index in [1.54, 1.807) is 0 Å². The Morgan fingerprint density at radius 3 is 2.93 bits per heavy atom. The van der Waals surface area contributed by atoms with E-state index in [0.717, 1.165) is 36.8 Å². The van der Waals surface area contributed by atoms with Crippen LogP contribution in [0.25, 0.3) is 0 Å². The minimum Gasteiger partial charge on any atom is -0.399 e. The van der Waals surface area contributed by atoms with Crippen LogP contribution in [0.3, 0.4) is 0 Å². The van der Waals surface area contributed by atoms with E-state index in [2.05, 4.69) is 20.6 Å². The van der Waals surface area contributed by atoms with Crippen LogP contribution in [0.15, 0.2) is 30.5 Å². The molecule has 9 heteroatoms. The number of hydrogen-bond acceptors (Lipinski definition) is 6. The molecule has 0 spiro atoms. The summed E-state index contributed by atoms with van der Waals surface area (Å²) in [6.45, 7) is 1.51. The molecule has 2 bridgehead atoms. The summed E-state index contributed by atoms with van der Waals surface area (Å²) in [7, 11) is 0. The van der Waals surface area contributed by atoms with E-state index in [1.165, 1.54) is 0 Å². The van der Waals surface area contributed by atoms with Gasteiger partial charge in [0.05, 0.1) is 12.1 Å². The predicted octanol–water partition coefficient (Wildman–Crippen LogP) is 2.18. The minimum atomic E-state index is -0.600. The summed E-state index contributed by atoms with van der Waals surface area (Å²) < 4.78 is 14.1. The van der Waals surface area contributed by atoms with Gasteiger partial charge in [-0.1, -0.05) is 12.1 Å². The molecule has 1 heterocycles. The molecule has 5 atom stereocenters. The molecule has 0 saturated heterocycles. The highest BCUT2D eigenvalue weighted by atomic mass is 35.5. The molecule has 2 aromatic rings. The van der Waals surface area contributed by atoms with Crippen LogP contribution >= 0.6 is 11.6 Å². The third kappa shape index (κ3) is 4.13. The van der Waals surface area contributed by atoms with Gasteiger partial charge in [-0.2, -0.15) is 4.98 Å². The maximum Gasteiger partial charge on any atom is 0.224 e. The zero-order chi connectivity index (χ0) is 20.5. The standard InChI is InChI=1S/C20H24ClFN6O/c21-20-26-9-15(22)19(28-20)27-17-14-6-11(16(17)18(24)29)5-12(14)8-25-7-10-2-1-3-13(23)4-10/h1-4,9,11-12,14,16-17,25H,5-8,23H2,(H2,24,29)(H,26,27,28)/t11-,12+,14-,16+,17-/m1/s1. The first-order valence-corrected chi connectivity index (χ1v) is 10.1. The highest BCUT2D eigenvalue weighted by Gasteiger charge is 2.54. The fraction of sp³-hybridized carbons (Fsp3) is 0.450. The minimum absolute atomic E-state index is 0.0141. The van der Waals surface area contributed by atoms with E-state index in [1.807, 2.05) is 24.3 Å². The second-order valence-electron chi connectivity index (χ2n) is 7.97. The van der Waals surface area contributed by atoms with Crippen LogP contribution in [0.1, 0.15) is 18.4 Å². The van der Waals surface area contributed by atoms with Gasteiger partial charge >= 0.3 is 0 Å². The van der Waals surface area contributed by atoms with Crippen LogP contribution in [0.2, 0.25) is 5.28 Å². The second kappa shape index (κ2) is 8.12. The molecule has 2 aliphatic carbocycles. The van der Waals surface area contributed by atoms with Gasteiger partial charge in [-0.05, 0) is 66.4 Å². The molecule has 0 radical (unpaired) electrons. The maximum atomic E-state index is 14.1. The fourth-order valence-corrected chi connectivity index (χ4v) is 5.18. The summed E-state index contributed by atoms with van der Waals surface area (Å²) in [5, 5.41) is 6.54. The Balaban J connectivity index is 1.44. The highest BCUT2D eigenvalue weighted by Crippen LogP contribution is 2.52. The number of halogens is 2. The van der Waals surface area contributed by atoms with Crippen molar-refractivity contribution >= 4 is 29.0 Å². The van der Waals surface area contributed by atoms with Crippen LogP contribution in [-0.2, 0) is 11.3 Å². The summed E-state index contributed by atoms with van der Waals surface area (Å²) in [6, 6.07) is 7.49. The molecule has 154 valence electrons. The number of aromatic nitrogens is 2. The van der Waals surface area contributed by atoms with E-state index in [4.69, 9.17) is 23.1 Å². The first kappa shape index (κ1) is 19.8. The maximum absolute atomic E-state index is 14.1. The number of nitrogens with zero attached hydrogens (tertiary/aromatic N) is 2. The van der Waals surface area contributed by atoms with Crippen molar-refractivity contribution in [2.75, 3.05) is 17.6 Å². The molecule has 29 heavy (non-hydrogen) atoms. The van der Waals surface area contributed by atoms with Crippen molar-refractivity contribution in [1.29, 1.82) is 0 Å². The average molecular weight is 419 g/mol. The Morgan fingerprint density at radius 1 is 1.34 bits per heavy atom. The quantitative estimate of drug-likeness (QED) is 0.404. The third-order valence-corrected chi connectivity index (χ3v) is 6.36. The number of carbonyl (C=O) groups excluding carboxylic acids is 1. The number of rotatable bonds is 7. The van der Waals surface area contributed by atoms with Crippen LogP contribution in [0, 0.1) is 29.5 Å². The molecule has 1 amide bonds. The zero-order valence-corrected chi connectivity index (χ0v) is 16.6. The van der Waals surface area contributed by atoms with Crippen molar-refractivity contribution in [2.24, 2.45) is 29.4 Å². The van der Waals surface area contributed by atoms with Crippen molar-refractivity contribution in [3.05, 3.63) is 47.1 Å². The second-order valence-corrected chi connectivity index (χ2v) is 8.30. The number of amides is 1. The van der Waals surface area contributed by atoms with Gasteiger partial charge in [-0.25, -0.2) is 9.37 Å². The van der Waals surface area contributed by atoms with Crippen molar-refractivity contribution in [3.63, 3.8) is 0 Å². The monoisotopic (exact) mass is 418 g/mol. The van der Waals surface area contributed by atoms with Gasteiger partial charge in [-0.3, -0.25) is 4.79 Å². The lowest BCUT2D eigenvalue weighted by atomic mass is 9.77. The molecule has 2 fully saturated rings. The van der Waals surface area contributed by atoms with Crippen molar-refractivity contribution < 1.29 is 9.18 Å². The summed E-state index contributed by atoms with van der Waals surface area (Å²) in [6.07, 6.45) is 2.83. The summed E-state index contributed by atoms with van der Waals surface area (Å²) in [4.78, 5) is 19.7. The first-order chi connectivity index (χ1) is 13.9. The number of nitrogens with one attached hydrogen (secondary N) is 2. The number of carbonyl (C=O) groups is 1. The largest absolute Gasteiger partial charge is 0.399 e. The van der Waals surface area contributed by atoms with Gasteiger partial charge in [0.25, 0.3) is 0 Å². The molecular weight excluding hydrogens is 395 g/mol. The van der Waals surface area contributed by atoms with Crippen molar-refractivity contribution in [1.82, 2.24) is 15.3 Å². The van der Waals surface area contributed by atoms with Crippen LogP contribution in [0.4, 0.5) is 15.9 Å². The predicted molar refractivity (Wildman–Crippen MR) is 109 cm³/mol. The normalized spacial score (nSPS) is 27.9. The molecule has 0 aliphatic heterocycles. The SMILES string of the molecule is NC(=O)[C@H]1[C@@H]2C[C@@H](CNCc3cccc(N)c3)[C@@H](C2)[C@H]1Nc1nc(Cl)ncc1F. The van der Waals surface area contributed by atoms with Gasteiger partial charge in [0.1, 0.15) is 0 Å². The molecule has 4 rings (SSSR count). The lowest BCUT2D eigenvalue weighted by Crippen LogP contribution is -2.47. The molecule has 6 N–H and O–H groups in total. The molecule has 2 saturated carbocycles. The molecule has 7 nitrogen and oxygen atoms in total. The lowest BCUT2D eigenvalue weighted by Gasteiger charge is -2.35. The zero-order valence-electron chi connectivity index (χ0n) is 15.8. The van der Waals surface area contributed by atoms with E-state index < -0.39 is 5.82 Å². The number of hydrogen-bond donors (Lipinski definition) is 4. The fourth-order valence-electron chi connectivity index (χ4n) is 5.04. The van der Waals surface area contributed by atoms with Crippen molar-refractivity contribution in [2.45, 2.75) is 25.4 Å². The molecule has 0 unspecified atom stereocenters. The Labute approximate surface area is 173 Å². The number of fused-ring (bicyclic) bond motifs is 2. The smallest absolute Gasteiger partial charge is 0.224 e. The van der Waals surface area contributed by atoms with E-state index in [9.17, 15) is 9.18 Å². The number of benzene rings is 1. The summed E-state index contributed by atoms with van der Waals surface area (Å²) in [5.41, 5.74) is 13.4. The third-order valence-electron chi connectivity index (χ3n) is 6.18. The van der Waals surface area contributed by atoms with Gasteiger partial charge in [0, 0.05) is 18.3 Å². The van der Waals surface area contributed by atoms with Gasteiger partial charge in [0.2, 0.25) is 11.2 Å². The van der Waals surface area contributed by atoms with E-state index in [0.29, 0.717) is 12.5 Å². The lowest BCUT2D eigenvalue weighted by molar-refractivity contribution is -0.123. The summed E-state index contributed by atoms with van der Waals surface area (Å²) in [5.74, 6) is -0.555. The number of nitrogen functional groups attached to an aromatic ring is 1. The first-order valence-electron chi connectivity index (χ1n) is 9.71. The Kier molecular flexibility index (Phi) is 5.56. The number of anilines is 2. The molecule has 1 aromatic carbocycles. The topological polar surface area (TPSA) is 119 Å². The van der Waals surface area contributed by atoms with Gasteiger partial charge in [-0.15, -0.1) is 0 Å². The van der Waals surface area contributed by atoms with Crippen LogP contribution in [0.5, 0.6) is 0 Å². The van der Waals surface area contributed by atoms with Gasteiger partial charge in [0.15, 0.2) is 11.6 Å². The van der Waals surface area contributed by atoms with E-state index in [-0.39, 0.29) is 40.8 Å². The Bertz CT molecular complexity index is 912. The molecular formula is C20H24ClFN6O. The average Bonchev–Trinajstić information content (AvgIpc) is 3.23. The molecule has 1 aromatic heterocycles. The van der Waals surface area contributed by atoms with E-state index >= 15 is 0 Å². The number of primary amides is 1. The van der Waals surface area contributed by atoms with Crippen LogP contribution in [-0.4, -0.2) is 28.5 Å². The van der Waals surface area contributed by atoms with Crippen LogP contribution < -0.4 is 22.1 Å². The summed E-state index contributed by atoms with van der Waals surface area (Å²) >= 11 is 5.81. The number of nitrogens with two attached hydrogens (primary N) is 2. The van der Waals surface area contributed by atoms with Gasteiger partial charge < -0.3 is 22.1 Å². The highest BCUT2D eigenvalue weighted by molar-refractivity contribution is 6.28. The Morgan fingerprint density at radius 2 is 2.17 bits per heavy atom. The van der Waals surface area contributed by atoms with Crippen molar-refractivity contribution in [3.8, 4) is 0 Å². The Hall–Kier alpha value is -2.45.